The topological polar surface area (TPSA) is 107 Å². The van der Waals surface area contributed by atoms with Crippen LogP contribution in [-0.2, 0) is 22.4 Å². The Hall–Kier alpha value is -3.15. The predicted molar refractivity (Wildman–Crippen MR) is 110 cm³/mol. The molecule has 30 heavy (non-hydrogen) atoms. The Labute approximate surface area is 179 Å². The zero-order valence-corrected chi connectivity index (χ0v) is 17.9. The zero-order chi connectivity index (χ0) is 21.8. The first-order valence-electron chi connectivity index (χ1n) is 9.31. The van der Waals surface area contributed by atoms with Crippen LogP contribution in [0, 0.1) is 25.2 Å². The highest BCUT2D eigenvalue weighted by Gasteiger charge is 2.21. The van der Waals surface area contributed by atoms with Gasteiger partial charge in [-0.2, -0.15) is 15.5 Å². The van der Waals surface area contributed by atoms with Gasteiger partial charge in [-0.15, -0.1) is 4.80 Å². The van der Waals surface area contributed by atoms with Crippen LogP contribution in [0.25, 0.3) is 5.82 Å². The van der Waals surface area contributed by atoms with E-state index in [4.69, 9.17) is 16.3 Å². The highest BCUT2D eigenvalue weighted by atomic mass is 35.5. The normalized spacial score (nSPS) is 11.9. The fraction of sp³-hybridized carbons (Fsp3) is 0.333. The largest absolute Gasteiger partial charge is 0.377 e. The Morgan fingerprint density at radius 2 is 1.90 bits per heavy atom. The molecule has 0 fully saturated rings. The molecule has 3 aromatic rings. The molecule has 0 saturated carbocycles. The summed E-state index contributed by atoms with van der Waals surface area (Å²) in [4.78, 5) is 22.9. The molecule has 0 amide bonds. The van der Waals surface area contributed by atoms with E-state index < -0.39 is 0 Å². The van der Waals surface area contributed by atoms with Gasteiger partial charge in [-0.05, 0) is 38.0 Å². The molecule has 0 aromatic carbocycles. The van der Waals surface area contributed by atoms with Gasteiger partial charge in [0.2, 0.25) is 0 Å². The molecule has 0 unspecified atom stereocenters. The molecule has 3 heterocycles. The summed E-state index contributed by atoms with van der Waals surface area (Å²) < 4.78 is 5.43. The lowest BCUT2D eigenvalue weighted by molar-refractivity contribution is -0.117. The van der Waals surface area contributed by atoms with Crippen molar-refractivity contribution >= 4 is 17.4 Å². The molecule has 0 radical (unpaired) electrons. The van der Waals surface area contributed by atoms with Crippen molar-refractivity contribution in [2.24, 2.45) is 0 Å². The number of halogens is 1. The van der Waals surface area contributed by atoms with E-state index in [9.17, 15) is 10.1 Å². The number of rotatable bonds is 7. The second-order valence-electron chi connectivity index (χ2n) is 6.90. The van der Waals surface area contributed by atoms with Gasteiger partial charge >= 0.3 is 0 Å². The maximum Gasteiger partial charge on any atom is 0.193 e. The van der Waals surface area contributed by atoms with Crippen LogP contribution in [0.1, 0.15) is 46.7 Å². The van der Waals surface area contributed by atoms with Crippen LogP contribution >= 0.6 is 11.6 Å². The average molecular weight is 425 g/mol. The van der Waals surface area contributed by atoms with Crippen LogP contribution in [0.15, 0.2) is 24.7 Å². The standard InChI is InChI=1S/C21H21ClN6O2/c1-12-15(9-19(22)21(27-12)28-25-5-6-26-28)7-17(29)8-16-11-24-13(2)18(10-23)20(16)14(3)30-4/h5-6,9,11,14H,7-8H2,1-4H3/t14-/m0/s1. The van der Waals surface area contributed by atoms with Crippen molar-refractivity contribution < 1.29 is 9.53 Å². The van der Waals surface area contributed by atoms with Gasteiger partial charge in [0, 0.05) is 37.4 Å². The monoisotopic (exact) mass is 424 g/mol. The summed E-state index contributed by atoms with van der Waals surface area (Å²) >= 11 is 6.34. The molecule has 9 heteroatoms. The number of ether oxygens (including phenoxy) is 1. The molecule has 154 valence electrons. The lowest BCUT2D eigenvalue weighted by Crippen LogP contribution is -2.14. The van der Waals surface area contributed by atoms with E-state index in [1.807, 2.05) is 13.8 Å². The van der Waals surface area contributed by atoms with Gasteiger partial charge in [-0.3, -0.25) is 9.78 Å². The van der Waals surface area contributed by atoms with Crippen LogP contribution in [0.3, 0.4) is 0 Å². The molecule has 0 aliphatic carbocycles. The Bertz CT molecular complexity index is 1120. The van der Waals surface area contributed by atoms with Crippen molar-refractivity contribution in [1.29, 1.82) is 5.26 Å². The van der Waals surface area contributed by atoms with E-state index in [-0.39, 0.29) is 24.7 Å². The third-order valence-corrected chi connectivity index (χ3v) is 5.18. The molecule has 0 saturated heterocycles. The third kappa shape index (κ3) is 4.37. The van der Waals surface area contributed by atoms with Crippen LogP contribution < -0.4 is 0 Å². The summed E-state index contributed by atoms with van der Waals surface area (Å²) in [5.74, 6) is 0.369. The van der Waals surface area contributed by atoms with E-state index in [1.165, 1.54) is 17.2 Å². The predicted octanol–water partition coefficient (Wildman–Crippen LogP) is 3.26. The fourth-order valence-electron chi connectivity index (χ4n) is 3.27. The van der Waals surface area contributed by atoms with Gasteiger partial charge in [-0.1, -0.05) is 11.6 Å². The minimum Gasteiger partial charge on any atom is -0.377 e. The van der Waals surface area contributed by atoms with Crippen molar-refractivity contribution in [3.05, 3.63) is 63.3 Å². The number of hydrogen-bond acceptors (Lipinski definition) is 7. The number of ketones is 1. The Kier molecular flexibility index (Phi) is 6.55. The molecule has 0 aliphatic heterocycles. The van der Waals surface area contributed by atoms with Crippen LogP contribution in [0.4, 0.5) is 0 Å². The number of carbonyl (C=O) groups excluding carboxylic acids is 1. The summed E-state index contributed by atoms with van der Waals surface area (Å²) in [5.41, 5.74) is 3.85. The number of hydrogen-bond donors (Lipinski definition) is 0. The van der Waals surface area contributed by atoms with E-state index in [2.05, 4.69) is 26.2 Å². The number of pyridine rings is 2. The Balaban J connectivity index is 1.87. The van der Waals surface area contributed by atoms with Crippen molar-refractivity contribution in [2.45, 2.75) is 39.7 Å². The first kappa shape index (κ1) is 21.6. The van der Waals surface area contributed by atoms with Crippen LogP contribution in [0.2, 0.25) is 5.02 Å². The molecular formula is C21H21ClN6O2. The molecule has 1 atom stereocenters. The summed E-state index contributed by atoms with van der Waals surface area (Å²) in [6, 6.07) is 3.90. The lowest BCUT2D eigenvalue weighted by atomic mass is 9.93. The molecular weight excluding hydrogens is 404 g/mol. The number of nitriles is 1. The van der Waals surface area contributed by atoms with E-state index in [1.54, 1.807) is 26.3 Å². The molecule has 0 bridgehead atoms. The summed E-state index contributed by atoms with van der Waals surface area (Å²) in [6.45, 7) is 5.42. The number of aromatic nitrogens is 5. The minimum absolute atomic E-state index is 0.0416. The number of nitrogens with zero attached hydrogens (tertiary/aromatic N) is 6. The first-order chi connectivity index (χ1) is 14.3. The maximum absolute atomic E-state index is 12.9. The third-order valence-electron chi connectivity index (χ3n) is 4.90. The molecule has 0 aliphatic rings. The van der Waals surface area contributed by atoms with Crippen LogP contribution in [-0.4, -0.2) is 37.9 Å². The van der Waals surface area contributed by atoms with Crippen molar-refractivity contribution in [3.8, 4) is 11.9 Å². The Morgan fingerprint density at radius 1 is 1.23 bits per heavy atom. The van der Waals surface area contributed by atoms with Crippen molar-refractivity contribution in [3.63, 3.8) is 0 Å². The number of aryl methyl sites for hydroxylation is 2. The summed E-state index contributed by atoms with van der Waals surface area (Å²) in [7, 11) is 1.57. The van der Waals surface area contributed by atoms with Gasteiger partial charge < -0.3 is 4.74 Å². The van der Waals surface area contributed by atoms with Crippen LogP contribution in [0.5, 0.6) is 0 Å². The Morgan fingerprint density at radius 3 is 2.53 bits per heavy atom. The highest BCUT2D eigenvalue weighted by Crippen LogP contribution is 2.27. The highest BCUT2D eigenvalue weighted by molar-refractivity contribution is 6.32. The van der Waals surface area contributed by atoms with E-state index in [0.29, 0.717) is 38.9 Å². The van der Waals surface area contributed by atoms with Gasteiger partial charge in [0.05, 0.1) is 34.8 Å². The first-order valence-corrected chi connectivity index (χ1v) is 9.69. The number of methoxy groups -OCH3 is 1. The molecule has 3 rings (SSSR count). The van der Waals surface area contributed by atoms with Crippen molar-refractivity contribution in [1.82, 2.24) is 25.0 Å². The second-order valence-corrected chi connectivity index (χ2v) is 7.30. The zero-order valence-electron chi connectivity index (χ0n) is 17.2. The number of Topliss-reactive ketones (excluding diaryl/α,β-unsaturated/α-hetero) is 1. The lowest BCUT2D eigenvalue weighted by Gasteiger charge is -2.17. The molecule has 8 nitrogen and oxygen atoms in total. The van der Waals surface area contributed by atoms with Gasteiger partial charge in [0.25, 0.3) is 0 Å². The average Bonchev–Trinajstić information content (AvgIpc) is 3.25. The number of carbonyl (C=O) groups is 1. The minimum atomic E-state index is -0.331. The SMILES string of the molecule is CO[C@@H](C)c1c(CC(=O)Cc2cc(Cl)c(-n3nccn3)nc2C)cnc(C)c1C#N. The molecule has 0 spiro atoms. The smallest absolute Gasteiger partial charge is 0.193 e. The molecule has 3 aromatic heterocycles. The van der Waals surface area contributed by atoms with Gasteiger partial charge in [0.1, 0.15) is 11.9 Å². The van der Waals surface area contributed by atoms with E-state index in [0.717, 1.165) is 5.56 Å². The second kappa shape index (κ2) is 9.11. The van der Waals surface area contributed by atoms with Crippen molar-refractivity contribution in [2.75, 3.05) is 7.11 Å². The fourth-order valence-corrected chi connectivity index (χ4v) is 3.52. The molecule has 0 N–H and O–H groups in total. The van der Waals surface area contributed by atoms with Gasteiger partial charge in [0.15, 0.2) is 5.82 Å². The van der Waals surface area contributed by atoms with Gasteiger partial charge in [-0.25, -0.2) is 4.98 Å². The van der Waals surface area contributed by atoms with E-state index >= 15 is 0 Å². The summed E-state index contributed by atoms with van der Waals surface area (Å²) in [6.07, 6.45) is 4.67. The summed E-state index contributed by atoms with van der Waals surface area (Å²) in [5, 5.41) is 18.0. The maximum atomic E-state index is 12.9. The quantitative estimate of drug-likeness (QED) is 0.572.